The van der Waals surface area contributed by atoms with Crippen LogP contribution in [-0.4, -0.2) is 11.9 Å². The first-order chi connectivity index (χ1) is 14.2. The Bertz CT molecular complexity index is 1350. The van der Waals surface area contributed by atoms with Crippen molar-refractivity contribution in [1.29, 1.82) is 0 Å². The fourth-order valence-electron chi connectivity index (χ4n) is 5.19. The maximum atomic E-state index is 12.4. The highest BCUT2D eigenvalue weighted by Crippen LogP contribution is 2.44. The molecule has 0 fully saturated rings. The van der Waals surface area contributed by atoms with E-state index in [9.17, 15) is 9.59 Å². The van der Waals surface area contributed by atoms with E-state index in [1.165, 1.54) is 32.7 Å². The molecule has 0 saturated heterocycles. The van der Waals surface area contributed by atoms with Crippen molar-refractivity contribution in [2.45, 2.75) is 25.2 Å². The minimum Gasteiger partial charge on any atom is -0.386 e. The average Bonchev–Trinajstić information content (AvgIpc) is 3.06. The summed E-state index contributed by atoms with van der Waals surface area (Å²) in [6.07, 6.45) is 3.05. The Morgan fingerprint density at radius 3 is 2.55 bits per heavy atom. The molecule has 140 valence electrons. The third-order valence-corrected chi connectivity index (χ3v) is 6.43. The fourth-order valence-corrected chi connectivity index (χ4v) is 5.19. The van der Waals surface area contributed by atoms with E-state index >= 15 is 0 Å². The van der Waals surface area contributed by atoms with Crippen LogP contribution in [0.25, 0.3) is 21.5 Å². The van der Waals surface area contributed by atoms with Gasteiger partial charge < -0.3 is 4.74 Å². The summed E-state index contributed by atoms with van der Waals surface area (Å²) >= 11 is 0. The lowest BCUT2D eigenvalue weighted by Crippen LogP contribution is -2.15. The molecule has 2 aliphatic rings. The molecule has 1 atom stereocenters. The lowest BCUT2D eigenvalue weighted by molar-refractivity contribution is 0.0443. The summed E-state index contributed by atoms with van der Waals surface area (Å²) in [5, 5.41) is 4.94. The van der Waals surface area contributed by atoms with Crippen LogP contribution in [0.4, 0.5) is 0 Å². The standard InChI is InChI=1S/C26H18O3/c27-25-22-10-4-9-20(24(22)26(28)29-25)19-8-3-6-16-12-13-18-17-7-2-1-5-15(17)11-14-21(18)23(16)19/h1-2,4-5,7,9-14,19H,3,6,8H2. The molecule has 29 heavy (non-hydrogen) atoms. The number of benzene rings is 4. The number of carbonyl (C=O) groups is 2. The summed E-state index contributed by atoms with van der Waals surface area (Å²) in [6.45, 7) is 0. The summed E-state index contributed by atoms with van der Waals surface area (Å²) in [7, 11) is 0. The van der Waals surface area contributed by atoms with Crippen molar-refractivity contribution in [3.63, 3.8) is 0 Å². The van der Waals surface area contributed by atoms with Crippen molar-refractivity contribution in [1.82, 2.24) is 0 Å². The molecule has 4 aromatic carbocycles. The number of ether oxygens (including phenoxy) is 1. The van der Waals surface area contributed by atoms with Gasteiger partial charge in [0.15, 0.2) is 0 Å². The van der Waals surface area contributed by atoms with Crippen LogP contribution < -0.4 is 0 Å². The zero-order chi connectivity index (χ0) is 19.5. The molecule has 1 unspecified atom stereocenters. The summed E-state index contributed by atoms with van der Waals surface area (Å²) in [6, 6.07) is 22.8. The molecule has 1 aliphatic heterocycles. The third kappa shape index (κ3) is 2.31. The van der Waals surface area contributed by atoms with Crippen LogP contribution in [-0.2, 0) is 11.2 Å². The normalized spacial score (nSPS) is 18.0. The van der Waals surface area contributed by atoms with Crippen LogP contribution in [0.5, 0.6) is 0 Å². The minimum absolute atomic E-state index is 0.0806. The molecule has 1 aliphatic carbocycles. The van der Waals surface area contributed by atoms with E-state index in [4.69, 9.17) is 4.74 Å². The van der Waals surface area contributed by atoms with Crippen LogP contribution in [0.1, 0.15) is 56.2 Å². The number of hydrogen-bond donors (Lipinski definition) is 0. The molecular weight excluding hydrogens is 360 g/mol. The Kier molecular flexibility index (Phi) is 3.42. The lowest BCUT2D eigenvalue weighted by atomic mass is 9.75. The molecular formula is C26H18O3. The van der Waals surface area contributed by atoms with Crippen LogP contribution in [0.2, 0.25) is 0 Å². The van der Waals surface area contributed by atoms with Gasteiger partial charge in [-0.25, -0.2) is 9.59 Å². The van der Waals surface area contributed by atoms with E-state index in [0.29, 0.717) is 11.1 Å². The highest BCUT2D eigenvalue weighted by molar-refractivity contribution is 6.16. The summed E-state index contributed by atoms with van der Waals surface area (Å²) in [5.41, 5.74) is 4.39. The van der Waals surface area contributed by atoms with Crippen LogP contribution in [0.15, 0.2) is 66.7 Å². The molecule has 0 amide bonds. The lowest BCUT2D eigenvalue weighted by Gasteiger charge is -2.28. The van der Waals surface area contributed by atoms with Gasteiger partial charge in [-0.3, -0.25) is 0 Å². The van der Waals surface area contributed by atoms with Gasteiger partial charge in [0.2, 0.25) is 0 Å². The maximum Gasteiger partial charge on any atom is 0.347 e. The first-order valence-corrected chi connectivity index (χ1v) is 10.0. The van der Waals surface area contributed by atoms with Crippen molar-refractivity contribution in [3.05, 3.63) is 94.5 Å². The van der Waals surface area contributed by atoms with E-state index < -0.39 is 11.9 Å². The first kappa shape index (κ1) is 16.5. The van der Waals surface area contributed by atoms with Crippen LogP contribution in [0, 0.1) is 0 Å². The predicted molar refractivity (Wildman–Crippen MR) is 112 cm³/mol. The zero-order valence-corrected chi connectivity index (χ0v) is 15.8. The number of hydrogen-bond acceptors (Lipinski definition) is 3. The maximum absolute atomic E-state index is 12.4. The van der Waals surface area contributed by atoms with E-state index in [0.717, 1.165) is 24.8 Å². The van der Waals surface area contributed by atoms with E-state index in [1.54, 1.807) is 6.07 Å². The summed E-state index contributed by atoms with van der Waals surface area (Å²) in [4.78, 5) is 24.5. The molecule has 3 nitrogen and oxygen atoms in total. The molecule has 0 N–H and O–H groups in total. The molecule has 0 radical (unpaired) electrons. The van der Waals surface area contributed by atoms with Gasteiger partial charge >= 0.3 is 11.9 Å². The number of esters is 2. The SMILES string of the molecule is O=C1OC(=O)c2c1cccc2C1CCCc2ccc3c(ccc4ccccc43)c21. The molecule has 1 heterocycles. The van der Waals surface area contributed by atoms with Gasteiger partial charge in [0, 0.05) is 5.92 Å². The highest BCUT2D eigenvalue weighted by Gasteiger charge is 2.36. The van der Waals surface area contributed by atoms with E-state index in [2.05, 4.69) is 48.5 Å². The molecule has 0 aromatic heterocycles. The molecule has 0 spiro atoms. The minimum atomic E-state index is -0.535. The topological polar surface area (TPSA) is 43.4 Å². The average molecular weight is 378 g/mol. The molecule has 0 saturated carbocycles. The predicted octanol–water partition coefficient (Wildman–Crippen LogP) is 5.77. The summed E-state index contributed by atoms with van der Waals surface area (Å²) in [5.74, 6) is -0.970. The van der Waals surface area contributed by atoms with Crippen molar-refractivity contribution in [2.75, 3.05) is 0 Å². The number of carbonyl (C=O) groups excluding carboxylic acids is 2. The Morgan fingerprint density at radius 1 is 0.759 bits per heavy atom. The van der Waals surface area contributed by atoms with Crippen molar-refractivity contribution in [3.8, 4) is 0 Å². The van der Waals surface area contributed by atoms with Gasteiger partial charge in [0.25, 0.3) is 0 Å². The number of cyclic esters (lactones) is 2. The van der Waals surface area contributed by atoms with Gasteiger partial charge in [0.1, 0.15) is 0 Å². The van der Waals surface area contributed by atoms with Crippen LogP contribution in [0.3, 0.4) is 0 Å². The summed E-state index contributed by atoms with van der Waals surface area (Å²) < 4.78 is 4.92. The van der Waals surface area contributed by atoms with Crippen molar-refractivity contribution in [2.24, 2.45) is 0 Å². The van der Waals surface area contributed by atoms with Gasteiger partial charge in [-0.2, -0.15) is 0 Å². The van der Waals surface area contributed by atoms with Crippen molar-refractivity contribution >= 4 is 33.5 Å². The Balaban J connectivity index is 1.65. The number of fused-ring (bicyclic) bond motifs is 6. The monoisotopic (exact) mass is 378 g/mol. The third-order valence-electron chi connectivity index (χ3n) is 6.43. The van der Waals surface area contributed by atoms with E-state index in [-0.39, 0.29) is 5.92 Å². The van der Waals surface area contributed by atoms with Crippen LogP contribution >= 0.6 is 0 Å². The first-order valence-electron chi connectivity index (χ1n) is 10.0. The van der Waals surface area contributed by atoms with E-state index in [1.807, 2.05) is 12.1 Å². The van der Waals surface area contributed by atoms with Gasteiger partial charge in [-0.05, 0) is 63.6 Å². The largest absolute Gasteiger partial charge is 0.386 e. The second-order valence-corrected chi connectivity index (χ2v) is 7.91. The highest BCUT2D eigenvalue weighted by atomic mass is 16.6. The number of aryl methyl sites for hydroxylation is 1. The molecule has 0 bridgehead atoms. The Morgan fingerprint density at radius 2 is 1.62 bits per heavy atom. The van der Waals surface area contributed by atoms with Gasteiger partial charge in [-0.1, -0.05) is 60.7 Å². The number of rotatable bonds is 1. The quantitative estimate of drug-likeness (QED) is 0.240. The zero-order valence-electron chi connectivity index (χ0n) is 15.8. The fraction of sp³-hybridized carbons (Fsp3) is 0.154. The molecule has 3 heteroatoms. The second-order valence-electron chi connectivity index (χ2n) is 7.91. The smallest absolute Gasteiger partial charge is 0.347 e. The Hall–Kier alpha value is -3.46. The van der Waals surface area contributed by atoms with Crippen molar-refractivity contribution < 1.29 is 14.3 Å². The second kappa shape index (κ2) is 6.02. The molecule has 4 aromatic rings. The van der Waals surface area contributed by atoms with Gasteiger partial charge in [0.05, 0.1) is 11.1 Å². The van der Waals surface area contributed by atoms with Gasteiger partial charge in [-0.15, -0.1) is 0 Å². The molecule has 6 rings (SSSR count). The Labute approximate surface area is 167 Å².